The second-order valence-corrected chi connectivity index (χ2v) is 4.81. The maximum atomic E-state index is 4.21. The maximum Gasteiger partial charge on any atom is 0.0818 e. The molecule has 0 fully saturated rings. The Balaban J connectivity index is 1.90. The van der Waals surface area contributed by atoms with Gasteiger partial charge in [0.2, 0.25) is 0 Å². The zero-order valence-corrected chi connectivity index (χ0v) is 11.8. The molecule has 0 amide bonds. The summed E-state index contributed by atoms with van der Waals surface area (Å²) in [7, 11) is 1.95. The Bertz CT molecular complexity index is 678. The third-order valence-corrected chi connectivity index (χ3v) is 3.47. The molecule has 0 spiro atoms. The van der Waals surface area contributed by atoms with E-state index in [1.165, 1.54) is 5.56 Å². The molecule has 21 heavy (non-hydrogen) atoms. The zero-order valence-electron chi connectivity index (χ0n) is 11.8. The molecule has 1 N–H and O–H groups in total. The number of hydrogen-bond donors (Lipinski definition) is 1. The second-order valence-electron chi connectivity index (χ2n) is 4.81. The van der Waals surface area contributed by atoms with Gasteiger partial charge < -0.3 is 5.32 Å². The minimum absolute atomic E-state index is 0.141. The van der Waals surface area contributed by atoms with Crippen molar-refractivity contribution in [1.82, 2.24) is 25.3 Å². The van der Waals surface area contributed by atoms with Crippen molar-refractivity contribution in [3.63, 3.8) is 0 Å². The molecule has 0 aliphatic rings. The summed E-state index contributed by atoms with van der Waals surface area (Å²) in [5.74, 6) is 0. The normalized spacial score (nSPS) is 12.2. The highest BCUT2D eigenvalue weighted by Crippen LogP contribution is 2.19. The molecule has 0 aliphatic carbocycles. The third-order valence-electron chi connectivity index (χ3n) is 3.47. The van der Waals surface area contributed by atoms with Gasteiger partial charge in [0, 0.05) is 12.4 Å². The van der Waals surface area contributed by atoms with Gasteiger partial charge >= 0.3 is 0 Å². The molecular formula is C16H17N5. The van der Waals surface area contributed by atoms with Gasteiger partial charge in [-0.05, 0) is 43.3 Å². The number of aromatic nitrogens is 4. The SMILES string of the molecule is CNC(Cc1ccncc1)c1cnnn1-c1ccccc1. The van der Waals surface area contributed by atoms with Crippen LogP contribution in [0.4, 0.5) is 0 Å². The van der Waals surface area contributed by atoms with E-state index in [0.717, 1.165) is 17.8 Å². The van der Waals surface area contributed by atoms with Crippen LogP contribution in [0.1, 0.15) is 17.3 Å². The van der Waals surface area contributed by atoms with Gasteiger partial charge in [0.1, 0.15) is 0 Å². The van der Waals surface area contributed by atoms with Crippen LogP contribution in [0.5, 0.6) is 0 Å². The van der Waals surface area contributed by atoms with Gasteiger partial charge in [-0.15, -0.1) is 5.10 Å². The quantitative estimate of drug-likeness (QED) is 0.777. The highest BCUT2D eigenvalue weighted by Gasteiger charge is 2.16. The van der Waals surface area contributed by atoms with Gasteiger partial charge in [0.15, 0.2) is 0 Å². The molecule has 0 bridgehead atoms. The Kier molecular flexibility index (Phi) is 4.02. The molecule has 1 aromatic carbocycles. The predicted octanol–water partition coefficient (Wildman–Crippen LogP) is 2.17. The predicted molar refractivity (Wildman–Crippen MR) is 81.1 cm³/mol. The molecule has 1 unspecified atom stereocenters. The lowest BCUT2D eigenvalue weighted by atomic mass is 10.0. The Morgan fingerprint density at radius 2 is 1.86 bits per heavy atom. The van der Waals surface area contributed by atoms with Gasteiger partial charge in [0.05, 0.1) is 23.6 Å². The van der Waals surface area contributed by atoms with E-state index in [4.69, 9.17) is 0 Å². The molecule has 1 atom stereocenters. The molecule has 0 radical (unpaired) electrons. The van der Waals surface area contributed by atoms with E-state index in [2.05, 4.69) is 20.6 Å². The van der Waals surface area contributed by atoms with Crippen molar-refractivity contribution in [3.05, 3.63) is 72.3 Å². The largest absolute Gasteiger partial charge is 0.311 e. The van der Waals surface area contributed by atoms with Crippen molar-refractivity contribution in [2.45, 2.75) is 12.5 Å². The highest BCUT2D eigenvalue weighted by molar-refractivity contribution is 5.32. The van der Waals surface area contributed by atoms with Crippen molar-refractivity contribution >= 4 is 0 Å². The molecule has 5 heteroatoms. The Labute approximate surface area is 123 Å². The summed E-state index contributed by atoms with van der Waals surface area (Å²) >= 11 is 0. The van der Waals surface area contributed by atoms with E-state index in [-0.39, 0.29) is 6.04 Å². The first-order valence-corrected chi connectivity index (χ1v) is 6.90. The van der Waals surface area contributed by atoms with Crippen LogP contribution in [0.2, 0.25) is 0 Å². The number of nitrogens with one attached hydrogen (secondary N) is 1. The first-order valence-electron chi connectivity index (χ1n) is 6.90. The van der Waals surface area contributed by atoms with Crippen LogP contribution in [0.15, 0.2) is 61.1 Å². The van der Waals surface area contributed by atoms with Crippen LogP contribution in [-0.2, 0) is 6.42 Å². The van der Waals surface area contributed by atoms with E-state index in [0.29, 0.717) is 0 Å². The summed E-state index contributed by atoms with van der Waals surface area (Å²) in [6, 6.07) is 14.2. The van der Waals surface area contributed by atoms with Crippen molar-refractivity contribution in [2.75, 3.05) is 7.05 Å². The van der Waals surface area contributed by atoms with Crippen LogP contribution >= 0.6 is 0 Å². The molecule has 2 heterocycles. The van der Waals surface area contributed by atoms with Crippen LogP contribution < -0.4 is 5.32 Å². The fourth-order valence-electron chi connectivity index (χ4n) is 2.36. The van der Waals surface area contributed by atoms with Crippen molar-refractivity contribution < 1.29 is 0 Å². The van der Waals surface area contributed by atoms with Crippen molar-refractivity contribution in [1.29, 1.82) is 0 Å². The molecule has 106 valence electrons. The van der Waals surface area contributed by atoms with E-state index in [1.807, 2.05) is 72.8 Å². The summed E-state index contributed by atoms with van der Waals surface area (Å²) in [6.45, 7) is 0. The van der Waals surface area contributed by atoms with E-state index < -0.39 is 0 Å². The summed E-state index contributed by atoms with van der Waals surface area (Å²) in [5.41, 5.74) is 3.28. The number of benzene rings is 1. The lowest BCUT2D eigenvalue weighted by Crippen LogP contribution is -2.22. The zero-order chi connectivity index (χ0) is 14.5. The van der Waals surface area contributed by atoms with Crippen LogP contribution in [0.3, 0.4) is 0 Å². The van der Waals surface area contributed by atoms with Crippen LogP contribution in [0, 0.1) is 0 Å². The van der Waals surface area contributed by atoms with Crippen molar-refractivity contribution in [2.24, 2.45) is 0 Å². The second kappa shape index (κ2) is 6.28. The van der Waals surface area contributed by atoms with Gasteiger partial charge in [0.25, 0.3) is 0 Å². The average molecular weight is 279 g/mol. The molecule has 0 aliphatic heterocycles. The molecule has 3 aromatic rings. The van der Waals surface area contributed by atoms with Crippen LogP contribution in [0.25, 0.3) is 5.69 Å². The number of para-hydroxylation sites is 1. The maximum absolute atomic E-state index is 4.21. The minimum Gasteiger partial charge on any atom is -0.311 e. The Morgan fingerprint density at radius 3 is 2.57 bits per heavy atom. The molecule has 5 nitrogen and oxygen atoms in total. The van der Waals surface area contributed by atoms with Gasteiger partial charge in [-0.25, -0.2) is 4.68 Å². The van der Waals surface area contributed by atoms with Gasteiger partial charge in [-0.1, -0.05) is 23.4 Å². The smallest absolute Gasteiger partial charge is 0.0818 e. The van der Waals surface area contributed by atoms with E-state index in [1.54, 1.807) is 0 Å². The molecule has 0 saturated carbocycles. The summed E-state index contributed by atoms with van der Waals surface area (Å²) in [6.07, 6.45) is 6.30. The first-order chi connectivity index (χ1) is 10.4. The fourth-order valence-corrected chi connectivity index (χ4v) is 2.36. The molecular weight excluding hydrogens is 262 g/mol. The van der Waals surface area contributed by atoms with Gasteiger partial charge in [-0.2, -0.15) is 0 Å². The van der Waals surface area contributed by atoms with E-state index in [9.17, 15) is 0 Å². The fraction of sp³-hybridized carbons (Fsp3) is 0.188. The lowest BCUT2D eigenvalue weighted by molar-refractivity contribution is 0.554. The van der Waals surface area contributed by atoms with Crippen LogP contribution in [-0.4, -0.2) is 27.0 Å². The topological polar surface area (TPSA) is 55.6 Å². The molecule has 2 aromatic heterocycles. The van der Waals surface area contributed by atoms with Crippen molar-refractivity contribution in [3.8, 4) is 5.69 Å². The Morgan fingerprint density at radius 1 is 1.10 bits per heavy atom. The first kappa shape index (κ1) is 13.5. The highest BCUT2D eigenvalue weighted by atomic mass is 15.4. The minimum atomic E-state index is 0.141. The Hall–Kier alpha value is -2.53. The van der Waals surface area contributed by atoms with E-state index >= 15 is 0 Å². The standard InChI is InChI=1S/C16H17N5/c1-17-15(11-13-7-9-18-10-8-13)16-12-19-20-21(16)14-5-3-2-4-6-14/h2-10,12,15,17H,11H2,1H3. The third kappa shape index (κ3) is 2.98. The molecule has 0 saturated heterocycles. The average Bonchev–Trinajstić information content (AvgIpc) is 3.04. The molecule has 3 rings (SSSR count). The monoisotopic (exact) mass is 279 g/mol. The number of nitrogens with zero attached hydrogens (tertiary/aromatic N) is 4. The number of pyridine rings is 1. The number of rotatable bonds is 5. The number of likely N-dealkylation sites (N-methyl/N-ethyl adjacent to an activating group) is 1. The number of hydrogen-bond acceptors (Lipinski definition) is 4. The summed E-state index contributed by atoms with van der Waals surface area (Å²) in [4.78, 5) is 4.06. The lowest BCUT2D eigenvalue weighted by Gasteiger charge is -2.17. The van der Waals surface area contributed by atoms with Gasteiger partial charge in [-0.3, -0.25) is 4.98 Å². The summed E-state index contributed by atoms with van der Waals surface area (Å²) < 4.78 is 1.88. The summed E-state index contributed by atoms with van der Waals surface area (Å²) in [5, 5.41) is 11.6.